The predicted molar refractivity (Wildman–Crippen MR) is 80.2 cm³/mol. The Labute approximate surface area is 128 Å². The summed E-state index contributed by atoms with van der Waals surface area (Å²) in [4.78, 5) is 12.4. The molecule has 5 nitrogen and oxygen atoms in total. The van der Waals surface area contributed by atoms with Crippen molar-refractivity contribution in [3.05, 3.63) is 29.0 Å². The molecule has 0 atom stereocenters. The summed E-state index contributed by atoms with van der Waals surface area (Å²) in [5.41, 5.74) is 5.47. The van der Waals surface area contributed by atoms with Gasteiger partial charge < -0.3 is 20.7 Å². The van der Waals surface area contributed by atoms with Crippen molar-refractivity contribution in [2.24, 2.45) is 5.73 Å². The first-order chi connectivity index (χ1) is 10.1. The van der Waals surface area contributed by atoms with Gasteiger partial charge in [-0.3, -0.25) is 0 Å². The van der Waals surface area contributed by atoms with Gasteiger partial charge in [-0.1, -0.05) is 11.6 Å². The molecule has 0 aromatic heterocycles. The van der Waals surface area contributed by atoms with Crippen molar-refractivity contribution in [1.29, 1.82) is 0 Å². The maximum atomic E-state index is 13.9. The second-order valence-corrected chi connectivity index (χ2v) is 5.42. The maximum Gasteiger partial charge on any atom is 0.404 e. The second kappa shape index (κ2) is 7.47. The number of piperidine rings is 1. The van der Waals surface area contributed by atoms with Crippen molar-refractivity contribution in [2.75, 3.05) is 31.1 Å². The molecule has 0 radical (unpaired) electrons. The Morgan fingerprint density at radius 3 is 2.81 bits per heavy atom. The number of nitrogens with two attached hydrogens (primary N) is 1. The molecular formula is C14H19ClFN3O2. The first-order valence-electron chi connectivity index (χ1n) is 6.92. The number of hydrogen-bond acceptors (Lipinski definition) is 4. The van der Waals surface area contributed by atoms with E-state index in [-0.39, 0.29) is 12.4 Å². The van der Waals surface area contributed by atoms with Crippen LogP contribution in [0.4, 0.5) is 14.9 Å². The van der Waals surface area contributed by atoms with E-state index in [0.29, 0.717) is 23.3 Å². The Bertz CT molecular complexity index is 493. The van der Waals surface area contributed by atoms with Crippen LogP contribution in [0.2, 0.25) is 5.02 Å². The summed E-state index contributed by atoms with van der Waals surface area (Å²) in [6.07, 6.45) is 1.04. The Kier molecular flexibility index (Phi) is 5.64. The van der Waals surface area contributed by atoms with Gasteiger partial charge in [0, 0.05) is 30.7 Å². The van der Waals surface area contributed by atoms with Gasteiger partial charge in [-0.15, -0.1) is 0 Å². The molecule has 1 aliphatic rings. The van der Waals surface area contributed by atoms with Gasteiger partial charge in [-0.05, 0) is 31.0 Å². The first-order valence-corrected chi connectivity index (χ1v) is 7.29. The Hall–Kier alpha value is -1.53. The quantitative estimate of drug-likeness (QED) is 0.817. The number of nitrogens with zero attached hydrogens (tertiary/aromatic N) is 1. The highest BCUT2D eigenvalue weighted by Crippen LogP contribution is 2.25. The van der Waals surface area contributed by atoms with E-state index in [1.807, 2.05) is 4.90 Å². The molecule has 2 rings (SSSR count). The van der Waals surface area contributed by atoms with Crippen LogP contribution in [-0.4, -0.2) is 38.4 Å². The zero-order valence-corrected chi connectivity index (χ0v) is 12.4. The molecule has 0 saturated carbocycles. The third-order valence-corrected chi connectivity index (χ3v) is 3.76. The van der Waals surface area contributed by atoms with E-state index < -0.39 is 6.09 Å². The van der Waals surface area contributed by atoms with E-state index in [1.54, 1.807) is 12.1 Å². The topological polar surface area (TPSA) is 67.6 Å². The molecule has 7 heteroatoms. The average Bonchev–Trinajstić information content (AvgIpc) is 2.44. The summed E-state index contributed by atoms with van der Waals surface area (Å²) in [7, 11) is 0. The molecule has 116 valence electrons. The third-order valence-electron chi connectivity index (χ3n) is 3.52. The smallest absolute Gasteiger partial charge is 0.404 e. The minimum Gasteiger partial charge on any atom is -0.448 e. The van der Waals surface area contributed by atoms with Crippen LogP contribution in [0.3, 0.4) is 0 Å². The Balaban J connectivity index is 1.76. The summed E-state index contributed by atoms with van der Waals surface area (Å²) in [5, 5.41) is 3.70. The molecule has 1 aromatic carbocycles. The van der Waals surface area contributed by atoms with E-state index in [2.05, 4.69) is 10.1 Å². The van der Waals surface area contributed by atoms with Gasteiger partial charge in [0.15, 0.2) is 0 Å². The fraction of sp³-hybridized carbons (Fsp3) is 0.500. The normalized spacial score (nSPS) is 16.0. The van der Waals surface area contributed by atoms with E-state index in [9.17, 15) is 9.18 Å². The van der Waals surface area contributed by atoms with Crippen molar-refractivity contribution in [1.82, 2.24) is 5.32 Å². The SMILES string of the molecule is NC(=O)OCCNC1CCN(c2ccc(Cl)cc2F)CC1. The van der Waals surface area contributed by atoms with Gasteiger partial charge in [0.2, 0.25) is 0 Å². The number of benzene rings is 1. The first kappa shape index (κ1) is 15.9. The van der Waals surface area contributed by atoms with Crippen LogP contribution in [-0.2, 0) is 4.74 Å². The standard InChI is InChI=1S/C14H19ClFN3O2/c15-10-1-2-13(12(16)9-10)19-6-3-11(4-7-19)18-5-8-21-14(17)20/h1-2,9,11,18H,3-8H2,(H2,17,20). The number of carbonyl (C=O) groups excluding carboxylic acids is 1. The van der Waals surface area contributed by atoms with Crippen molar-refractivity contribution >= 4 is 23.4 Å². The largest absolute Gasteiger partial charge is 0.448 e. The number of primary amides is 1. The van der Waals surface area contributed by atoms with E-state index >= 15 is 0 Å². The molecule has 0 spiro atoms. The highest BCUT2D eigenvalue weighted by Gasteiger charge is 2.20. The monoisotopic (exact) mass is 315 g/mol. The minimum absolute atomic E-state index is 0.265. The van der Waals surface area contributed by atoms with Crippen LogP contribution >= 0.6 is 11.6 Å². The summed E-state index contributed by atoms with van der Waals surface area (Å²) < 4.78 is 18.5. The van der Waals surface area contributed by atoms with Crippen LogP contribution in [0.1, 0.15) is 12.8 Å². The number of carbonyl (C=O) groups is 1. The average molecular weight is 316 g/mol. The van der Waals surface area contributed by atoms with E-state index in [1.165, 1.54) is 6.07 Å². The fourth-order valence-corrected chi connectivity index (χ4v) is 2.64. The van der Waals surface area contributed by atoms with Gasteiger partial charge in [-0.2, -0.15) is 0 Å². The van der Waals surface area contributed by atoms with Crippen LogP contribution in [0, 0.1) is 5.82 Å². The Morgan fingerprint density at radius 2 is 2.19 bits per heavy atom. The molecule has 1 amide bonds. The lowest BCUT2D eigenvalue weighted by molar-refractivity contribution is 0.155. The minimum atomic E-state index is -0.759. The molecule has 1 heterocycles. The third kappa shape index (κ3) is 4.75. The van der Waals surface area contributed by atoms with Crippen LogP contribution in [0.15, 0.2) is 18.2 Å². The van der Waals surface area contributed by atoms with Crippen LogP contribution in [0.5, 0.6) is 0 Å². The van der Waals surface area contributed by atoms with Gasteiger partial charge in [0.05, 0.1) is 5.69 Å². The maximum absolute atomic E-state index is 13.9. The lowest BCUT2D eigenvalue weighted by Gasteiger charge is -2.34. The molecule has 0 aliphatic carbocycles. The van der Waals surface area contributed by atoms with Crippen molar-refractivity contribution in [2.45, 2.75) is 18.9 Å². The number of hydrogen-bond donors (Lipinski definition) is 2. The van der Waals surface area contributed by atoms with Crippen LogP contribution < -0.4 is 16.0 Å². The predicted octanol–water partition coefficient (Wildman–Crippen LogP) is 2.13. The summed E-state index contributed by atoms with van der Waals surface area (Å²) >= 11 is 5.76. The number of anilines is 1. The molecule has 1 fully saturated rings. The van der Waals surface area contributed by atoms with Gasteiger partial charge >= 0.3 is 6.09 Å². The Morgan fingerprint density at radius 1 is 1.48 bits per heavy atom. The number of ether oxygens (including phenoxy) is 1. The van der Waals surface area contributed by atoms with E-state index in [0.717, 1.165) is 25.9 Å². The zero-order valence-electron chi connectivity index (χ0n) is 11.6. The number of halogens is 2. The molecule has 3 N–H and O–H groups in total. The van der Waals surface area contributed by atoms with Crippen molar-refractivity contribution in [3.63, 3.8) is 0 Å². The number of nitrogens with one attached hydrogen (secondary N) is 1. The lowest BCUT2D eigenvalue weighted by Crippen LogP contribution is -2.43. The number of rotatable bonds is 5. The summed E-state index contributed by atoms with van der Waals surface area (Å²) in [5.74, 6) is -0.288. The summed E-state index contributed by atoms with van der Waals surface area (Å²) in [6, 6.07) is 5.09. The molecule has 0 unspecified atom stereocenters. The molecule has 1 aromatic rings. The fourth-order valence-electron chi connectivity index (χ4n) is 2.48. The van der Waals surface area contributed by atoms with Gasteiger partial charge in [0.25, 0.3) is 0 Å². The van der Waals surface area contributed by atoms with Crippen molar-refractivity contribution in [3.8, 4) is 0 Å². The van der Waals surface area contributed by atoms with Gasteiger partial charge in [-0.25, -0.2) is 9.18 Å². The van der Waals surface area contributed by atoms with E-state index in [4.69, 9.17) is 17.3 Å². The molecule has 1 aliphatic heterocycles. The van der Waals surface area contributed by atoms with Crippen LogP contribution in [0.25, 0.3) is 0 Å². The molecule has 0 bridgehead atoms. The van der Waals surface area contributed by atoms with Crippen molar-refractivity contribution < 1.29 is 13.9 Å². The second-order valence-electron chi connectivity index (χ2n) is 4.98. The van der Waals surface area contributed by atoms with Gasteiger partial charge in [0.1, 0.15) is 12.4 Å². The molecule has 21 heavy (non-hydrogen) atoms. The molecular weight excluding hydrogens is 297 g/mol. The zero-order chi connectivity index (χ0) is 15.2. The summed E-state index contributed by atoms with van der Waals surface area (Å²) in [6.45, 7) is 2.38. The number of amides is 1. The highest BCUT2D eigenvalue weighted by molar-refractivity contribution is 6.30. The highest BCUT2D eigenvalue weighted by atomic mass is 35.5. The lowest BCUT2D eigenvalue weighted by atomic mass is 10.0. The molecule has 1 saturated heterocycles.